The molecule has 0 unspecified atom stereocenters. The predicted octanol–water partition coefficient (Wildman–Crippen LogP) is 3.43. The van der Waals surface area contributed by atoms with Crippen LogP contribution < -0.4 is 10.1 Å². The first-order chi connectivity index (χ1) is 13.3. The first-order valence-corrected chi connectivity index (χ1v) is 8.60. The highest BCUT2D eigenvalue weighted by Crippen LogP contribution is 2.20. The van der Waals surface area contributed by atoms with E-state index >= 15 is 0 Å². The minimum absolute atomic E-state index is 0.103. The monoisotopic (exact) mass is 357 g/mol. The number of pyridine rings is 1. The molecule has 2 aromatic carbocycles. The van der Waals surface area contributed by atoms with E-state index in [0.29, 0.717) is 12.2 Å². The summed E-state index contributed by atoms with van der Waals surface area (Å²) in [6.45, 7) is -0.103. The molecule has 1 atom stereocenters. The molecule has 1 heterocycles. The summed E-state index contributed by atoms with van der Waals surface area (Å²) < 4.78 is 5.56. The fourth-order valence-electron chi connectivity index (χ4n) is 2.67. The molecule has 0 radical (unpaired) electrons. The Morgan fingerprint density at radius 2 is 1.78 bits per heavy atom. The molecule has 0 aliphatic carbocycles. The Hall–Kier alpha value is -3.65. The van der Waals surface area contributed by atoms with Crippen molar-refractivity contribution in [3.8, 4) is 11.8 Å². The quantitative estimate of drug-likeness (QED) is 0.703. The van der Waals surface area contributed by atoms with E-state index in [1.807, 2.05) is 60.7 Å². The number of hydrogen-bond donors (Lipinski definition) is 1. The molecule has 0 aliphatic heterocycles. The summed E-state index contributed by atoms with van der Waals surface area (Å²) in [5.74, 6) is 0.344. The lowest BCUT2D eigenvalue weighted by Gasteiger charge is -2.19. The van der Waals surface area contributed by atoms with Crippen molar-refractivity contribution in [2.45, 2.75) is 12.5 Å². The van der Waals surface area contributed by atoms with Crippen LogP contribution in [0.4, 0.5) is 0 Å². The van der Waals surface area contributed by atoms with Crippen molar-refractivity contribution in [1.29, 1.82) is 5.26 Å². The van der Waals surface area contributed by atoms with Crippen molar-refractivity contribution in [3.05, 3.63) is 95.8 Å². The van der Waals surface area contributed by atoms with Crippen LogP contribution in [-0.2, 0) is 11.2 Å². The zero-order valence-corrected chi connectivity index (χ0v) is 14.7. The van der Waals surface area contributed by atoms with E-state index in [0.717, 1.165) is 16.8 Å². The second-order valence-electron chi connectivity index (χ2n) is 5.93. The van der Waals surface area contributed by atoms with Gasteiger partial charge in [0.15, 0.2) is 6.61 Å². The molecule has 0 saturated heterocycles. The largest absolute Gasteiger partial charge is 0.484 e. The molecule has 5 heteroatoms. The van der Waals surface area contributed by atoms with Gasteiger partial charge in [-0.1, -0.05) is 48.5 Å². The molecule has 1 N–H and O–H groups in total. The summed E-state index contributed by atoms with van der Waals surface area (Å²) in [7, 11) is 0. The number of nitrogens with one attached hydrogen (secondary N) is 1. The average molecular weight is 357 g/mol. The van der Waals surface area contributed by atoms with Gasteiger partial charge in [0.2, 0.25) is 0 Å². The number of carbonyl (C=O) groups is 1. The maximum absolute atomic E-state index is 12.4. The third-order valence-electron chi connectivity index (χ3n) is 4.00. The lowest BCUT2D eigenvalue weighted by Crippen LogP contribution is -2.33. The van der Waals surface area contributed by atoms with Crippen molar-refractivity contribution < 1.29 is 9.53 Å². The molecular formula is C22H19N3O2. The second-order valence-corrected chi connectivity index (χ2v) is 5.93. The summed E-state index contributed by atoms with van der Waals surface area (Å²) >= 11 is 0. The van der Waals surface area contributed by atoms with Crippen LogP contribution in [-0.4, -0.2) is 17.5 Å². The lowest BCUT2D eigenvalue weighted by molar-refractivity contribution is -0.123. The number of aromatic nitrogens is 1. The van der Waals surface area contributed by atoms with Crippen LogP contribution in [0.5, 0.6) is 5.75 Å². The average Bonchev–Trinajstić information content (AvgIpc) is 2.73. The molecular weight excluding hydrogens is 338 g/mol. The maximum Gasteiger partial charge on any atom is 0.258 e. The normalized spacial score (nSPS) is 11.2. The first kappa shape index (κ1) is 18.2. The maximum atomic E-state index is 12.4. The van der Waals surface area contributed by atoms with Crippen LogP contribution in [0.15, 0.2) is 79.0 Å². The van der Waals surface area contributed by atoms with Gasteiger partial charge in [0, 0.05) is 6.20 Å². The summed E-state index contributed by atoms with van der Waals surface area (Å²) in [6, 6.07) is 24.2. The number of hydrogen-bond acceptors (Lipinski definition) is 4. The molecule has 5 nitrogen and oxygen atoms in total. The molecule has 1 aromatic heterocycles. The molecule has 0 saturated carbocycles. The standard InChI is InChI=1S/C22H19N3O2/c23-14-13-17-9-11-19(12-10-17)27-16-21(26)25-22(18-6-2-1-3-7-18)20-8-4-5-15-24-20/h1-12,15,22H,13,16H2,(H,25,26)/t22-/m1/s1. The SMILES string of the molecule is N#CCc1ccc(OCC(=O)N[C@H](c2ccccc2)c2ccccn2)cc1. The van der Waals surface area contributed by atoms with Gasteiger partial charge in [-0.15, -0.1) is 0 Å². The van der Waals surface area contributed by atoms with Crippen molar-refractivity contribution in [2.75, 3.05) is 6.61 Å². The molecule has 0 fully saturated rings. The van der Waals surface area contributed by atoms with Gasteiger partial charge in [0.05, 0.1) is 24.2 Å². The highest BCUT2D eigenvalue weighted by atomic mass is 16.5. The van der Waals surface area contributed by atoms with Gasteiger partial charge < -0.3 is 10.1 Å². The number of benzene rings is 2. The van der Waals surface area contributed by atoms with Crippen molar-refractivity contribution in [3.63, 3.8) is 0 Å². The highest BCUT2D eigenvalue weighted by Gasteiger charge is 2.18. The zero-order chi connectivity index (χ0) is 18.9. The Balaban J connectivity index is 1.65. The van der Waals surface area contributed by atoms with Gasteiger partial charge in [0.1, 0.15) is 5.75 Å². The summed E-state index contributed by atoms with van der Waals surface area (Å²) in [5.41, 5.74) is 2.62. The molecule has 1 amide bonds. The van der Waals surface area contributed by atoms with Crippen molar-refractivity contribution in [1.82, 2.24) is 10.3 Å². The summed E-state index contributed by atoms with van der Waals surface area (Å²) in [6.07, 6.45) is 2.06. The van der Waals surface area contributed by atoms with Gasteiger partial charge in [-0.3, -0.25) is 9.78 Å². The minimum atomic E-state index is -0.346. The third kappa shape index (κ3) is 5.16. The van der Waals surface area contributed by atoms with E-state index in [2.05, 4.69) is 16.4 Å². The van der Waals surface area contributed by atoms with E-state index in [1.54, 1.807) is 18.3 Å². The van der Waals surface area contributed by atoms with E-state index in [9.17, 15) is 4.79 Å². The predicted molar refractivity (Wildman–Crippen MR) is 102 cm³/mol. The summed E-state index contributed by atoms with van der Waals surface area (Å²) in [5, 5.41) is 11.7. The fraction of sp³-hybridized carbons (Fsp3) is 0.136. The molecule has 3 rings (SSSR count). The number of carbonyl (C=O) groups excluding carboxylic acids is 1. The Morgan fingerprint density at radius 3 is 2.44 bits per heavy atom. The van der Waals surface area contributed by atoms with Crippen LogP contribution in [0.25, 0.3) is 0 Å². The van der Waals surface area contributed by atoms with E-state index in [1.165, 1.54) is 0 Å². The van der Waals surface area contributed by atoms with Crippen molar-refractivity contribution in [2.24, 2.45) is 0 Å². The van der Waals surface area contributed by atoms with Gasteiger partial charge in [-0.25, -0.2) is 0 Å². The number of nitriles is 1. The fourth-order valence-corrected chi connectivity index (χ4v) is 2.67. The Kier molecular flexibility index (Phi) is 6.16. The van der Waals surface area contributed by atoms with Crippen LogP contribution in [0.2, 0.25) is 0 Å². The third-order valence-corrected chi connectivity index (χ3v) is 4.00. The topological polar surface area (TPSA) is 75.0 Å². The van der Waals surface area contributed by atoms with Crippen molar-refractivity contribution >= 4 is 5.91 Å². The van der Waals surface area contributed by atoms with Gasteiger partial charge in [-0.05, 0) is 35.4 Å². The molecule has 0 bridgehead atoms. The van der Waals surface area contributed by atoms with Crippen LogP contribution in [0.3, 0.4) is 0 Å². The molecule has 134 valence electrons. The summed E-state index contributed by atoms with van der Waals surface area (Å²) in [4.78, 5) is 16.8. The second kappa shape index (κ2) is 9.16. The molecule has 27 heavy (non-hydrogen) atoms. The number of amides is 1. The molecule has 0 aliphatic rings. The number of nitrogens with zero attached hydrogens (tertiary/aromatic N) is 2. The van der Waals surface area contributed by atoms with E-state index < -0.39 is 0 Å². The molecule has 3 aromatic rings. The minimum Gasteiger partial charge on any atom is -0.484 e. The van der Waals surface area contributed by atoms with Crippen LogP contribution in [0, 0.1) is 11.3 Å². The van der Waals surface area contributed by atoms with E-state index in [4.69, 9.17) is 10.00 Å². The number of ether oxygens (including phenoxy) is 1. The first-order valence-electron chi connectivity index (χ1n) is 8.60. The zero-order valence-electron chi connectivity index (χ0n) is 14.7. The molecule has 0 spiro atoms. The smallest absolute Gasteiger partial charge is 0.258 e. The Labute approximate surface area is 158 Å². The van der Waals surface area contributed by atoms with Crippen LogP contribution >= 0.6 is 0 Å². The Morgan fingerprint density at radius 1 is 1.04 bits per heavy atom. The van der Waals surface area contributed by atoms with Gasteiger partial charge in [-0.2, -0.15) is 5.26 Å². The van der Waals surface area contributed by atoms with Gasteiger partial charge in [0.25, 0.3) is 5.91 Å². The van der Waals surface area contributed by atoms with Crippen LogP contribution in [0.1, 0.15) is 22.9 Å². The van der Waals surface area contributed by atoms with E-state index in [-0.39, 0.29) is 18.6 Å². The van der Waals surface area contributed by atoms with Gasteiger partial charge >= 0.3 is 0 Å². The highest BCUT2D eigenvalue weighted by molar-refractivity contribution is 5.78. The lowest BCUT2D eigenvalue weighted by atomic mass is 10.0. The Bertz CT molecular complexity index is 864. The number of rotatable bonds is 7.